The average molecular weight is 755 g/mol. The lowest BCUT2D eigenvalue weighted by molar-refractivity contribution is -0.116. The Kier molecular flexibility index (Phi) is 14.1. The highest BCUT2D eigenvalue weighted by Gasteiger charge is 2.31. The lowest BCUT2D eigenvalue weighted by Gasteiger charge is -2.35. The maximum absolute atomic E-state index is 13.5. The molecule has 4 aromatic carbocycles. The van der Waals surface area contributed by atoms with E-state index >= 15 is 0 Å². The third-order valence-corrected chi connectivity index (χ3v) is 13.5. The topological polar surface area (TPSA) is 117 Å². The normalized spacial score (nSPS) is 12.8. The van der Waals surface area contributed by atoms with Gasteiger partial charge in [-0.05, 0) is 62.8 Å². The lowest BCUT2D eigenvalue weighted by Crippen LogP contribution is -2.40. The monoisotopic (exact) mass is 754 g/mol. The third-order valence-electron chi connectivity index (χ3n) is 10.5. The van der Waals surface area contributed by atoms with Gasteiger partial charge in [-0.25, -0.2) is 26.3 Å². The van der Waals surface area contributed by atoms with Gasteiger partial charge in [0.15, 0.2) is 0 Å². The molecular formula is C40H58N4O6S2. The van der Waals surface area contributed by atoms with Crippen LogP contribution in [0.15, 0.2) is 82.6 Å². The van der Waals surface area contributed by atoms with Crippen molar-refractivity contribution >= 4 is 53.0 Å². The van der Waals surface area contributed by atoms with Crippen LogP contribution in [0.5, 0.6) is 0 Å². The summed E-state index contributed by atoms with van der Waals surface area (Å²) in [6.45, 7) is 9.35. The molecule has 0 unspecified atom stereocenters. The average Bonchev–Trinajstić information content (AvgIpc) is 3.13. The second-order valence-electron chi connectivity index (χ2n) is 13.8. The third kappa shape index (κ3) is 9.45. The van der Waals surface area contributed by atoms with E-state index in [0.29, 0.717) is 62.5 Å². The number of hydrogen-bond acceptors (Lipinski definition) is 8. The largest absolute Gasteiger partial charge is 0.377 e. The van der Waals surface area contributed by atoms with E-state index in [1.807, 2.05) is 86.5 Å². The van der Waals surface area contributed by atoms with E-state index in [1.54, 1.807) is 24.3 Å². The van der Waals surface area contributed by atoms with Crippen LogP contribution < -0.4 is 19.2 Å². The van der Waals surface area contributed by atoms with Crippen molar-refractivity contribution in [3.8, 4) is 0 Å². The molecular weight excluding hydrogens is 697 g/mol. The molecule has 286 valence electrons. The minimum Gasteiger partial charge on any atom is -0.377 e. The minimum absolute atomic E-state index is 0.232. The van der Waals surface area contributed by atoms with Crippen LogP contribution in [0.3, 0.4) is 0 Å². The summed E-state index contributed by atoms with van der Waals surface area (Å²) >= 11 is 0. The number of rotatable bonds is 21. The Bertz CT molecular complexity index is 1860. The Labute approximate surface area is 312 Å². The van der Waals surface area contributed by atoms with E-state index in [1.165, 1.54) is 0 Å². The second-order valence-corrected chi connectivity index (χ2v) is 17.3. The van der Waals surface area contributed by atoms with Crippen LogP contribution in [0, 0.1) is 0 Å². The quantitative estimate of drug-likeness (QED) is 0.0851. The molecule has 0 aromatic heterocycles. The van der Waals surface area contributed by atoms with Gasteiger partial charge in [0.25, 0.3) is 0 Å². The van der Waals surface area contributed by atoms with E-state index in [4.69, 9.17) is 9.47 Å². The number of nitrogens with zero attached hydrogens (tertiary/aromatic N) is 2. The van der Waals surface area contributed by atoms with Crippen molar-refractivity contribution < 1.29 is 26.3 Å². The van der Waals surface area contributed by atoms with E-state index in [0.717, 1.165) is 22.1 Å². The highest BCUT2D eigenvalue weighted by molar-refractivity contribution is 7.90. The molecule has 4 rings (SSSR count). The first-order valence-corrected chi connectivity index (χ1v) is 21.3. The molecule has 0 aliphatic rings. The summed E-state index contributed by atoms with van der Waals surface area (Å²) in [5, 5.41) is 3.13. The van der Waals surface area contributed by atoms with Gasteiger partial charge >= 0.3 is 0 Å². The number of sulfonamides is 2. The molecule has 0 saturated heterocycles. The van der Waals surface area contributed by atoms with Crippen molar-refractivity contribution in [2.45, 2.75) is 87.2 Å². The Hall–Kier alpha value is -3.26. The van der Waals surface area contributed by atoms with Crippen molar-refractivity contribution in [2.75, 3.05) is 64.3 Å². The molecule has 0 amide bonds. The molecule has 2 N–H and O–H groups in total. The van der Waals surface area contributed by atoms with Crippen molar-refractivity contribution in [3.05, 3.63) is 72.8 Å². The van der Waals surface area contributed by atoms with E-state index < -0.39 is 31.2 Å². The van der Waals surface area contributed by atoms with Gasteiger partial charge in [-0.2, -0.15) is 0 Å². The van der Waals surface area contributed by atoms with Crippen molar-refractivity contribution in [1.29, 1.82) is 0 Å². The molecule has 4 aromatic rings. The summed E-state index contributed by atoms with van der Waals surface area (Å²) in [6.07, 6.45) is 3.86. The standard InChI is InChI=1S/C40H58N4O6S2/c1-9-39(10-2,25-27-41-51(45,46)37-23-15-17-31-33(37)19-13-21-35(31)43(5)6)49-29-30-50-40(11-3,12-4)26-28-42-52(47,48)38-24-16-18-32-34(38)20-14-22-36(32)44(7)8/h13-24,41-42H,9-12,25-30H2,1-8H3. The van der Waals surface area contributed by atoms with Gasteiger partial charge < -0.3 is 19.3 Å². The first-order chi connectivity index (χ1) is 24.7. The van der Waals surface area contributed by atoms with Gasteiger partial charge in [0.05, 0.1) is 34.2 Å². The number of fused-ring (bicyclic) bond motifs is 2. The summed E-state index contributed by atoms with van der Waals surface area (Å²) in [5.74, 6) is 0. The molecule has 0 aliphatic heterocycles. The fourth-order valence-electron chi connectivity index (χ4n) is 7.04. The Morgan fingerprint density at radius 3 is 1.17 bits per heavy atom. The summed E-state index contributed by atoms with van der Waals surface area (Å²) in [5.41, 5.74) is 0.865. The minimum atomic E-state index is -3.77. The van der Waals surface area contributed by atoms with Crippen LogP contribution in [0.4, 0.5) is 11.4 Å². The first kappa shape index (κ1) is 41.5. The number of hydrogen-bond donors (Lipinski definition) is 2. The van der Waals surface area contributed by atoms with Gasteiger partial charge in [-0.15, -0.1) is 0 Å². The van der Waals surface area contributed by atoms with Crippen LogP contribution in [-0.2, 0) is 29.5 Å². The molecule has 0 atom stereocenters. The second kappa shape index (κ2) is 17.7. The maximum atomic E-state index is 13.5. The molecule has 0 heterocycles. The molecule has 52 heavy (non-hydrogen) atoms. The lowest BCUT2D eigenvalue weighted by atomic mass is 9.93. The number of anilines is 2. The molecule has 12 heteroatoms. The van der Waals surface area contributed by atoms with Crippen molar-refractivity contribution in [2.24, 2.45) is 0 Å². The van der Waals surface area contributed by atoms with Crippen LogP contribution >= 0.6 is 0 Å². The van der Waals surface area contributed by atoms with Crippen LogP contribution in [0.1, 0.15) is 66.2 Å². The van der Waals surface area contributed by atoms with Crippen molar-refractivity contribution in [1.82, 2.24) is 9.44 Å². The summed E-state index contributed by atoms with van der Waals surface area (Å²) < 4.78 is 72.6. The molecule has 0 saturated carbocycles. The predicted octanol–water partition coefficient (Wildman–Crippen LogP) is 7.31. The number of ether oxygens (including phenoxy) is 2. The molecule has 0 radical (unpaired) electrons. The highest BCUT2D eigenvalue weighted by atomic mass is 32.2. The van der Waals surface area contributed by atoms with Crippen LogP contribution in [0.2, 0.25) is 0 Å². The predicted molar refractivity (Wildman–Crippen MR) is 215 cm³/mol. The Morgan fingerprint density at radius 1 is 0.519 bits per heavy atom. The fraction of sp³-hybridized carbons (Fsp3) is 0.500. The molecule has 0 fully saturated rings. The number of benzene rings is 4. The van der Waals surface area contributed by atoms with Gasteiger partial charge in [0.1, 0.15) is 0 Å². The van der Waals surface area contributed by atoms with Gasteiger partial charge in [-0.1, -0.05) is 76.2 Å². The Morgan fingerprint density at radius 2 is 0.846 bits per heavy atom. The van der Waals surface area contributed by atoms with E-state index in [-0.39, 0.29) is 22.9 Å². The molecule has 10 nitrogen and oxygen atoms in total. The highest BCUT2D eigenvalue weighted by Crippen LogP contribution is 2.32. The number of nitrogens with one attached hydrogen (secondary N) is 2. The maximum Gasteiger partial charge on any atom is 0.241 e. The Balaban J connectivity index is 1.34. The first-order valence-electron chi connectivity index (χ1n) is 18.3. The molecule has 0 spiro atoms. The fourth-order valence-corrected chi connectivity index (χ4v) is 9.54. The van der Waals surface area contributed by atoms with Crippen molar-refractivity contribution in [3.63, 3.8) is 0 Å². The van der Waals surface area contributed by atoms with Gasteiger partial charge in [0, 0.05) is 74.2 Å². The van der Waals surface area contributed by atoms with Gasteiger partial charge in [0.2, 0.25) is 20.0 Å². The zero-order valence-corrected chi connectivity index (χ0v) is 33.8. The van der Waals surface area contributed by atoms with Crippen LogP contribution in [0.25, 0.3) is 21.5 Å². The zero-order valence-electron chi connectivity index (χ0n) is 32.2. The zero-order chi connectivity index (χ0) is 38.2. The molecule has 0 bridgehead atoms. The smallest absolute Gasteiger partial charge is 0.241 e. The SMILES string of the molecule is CCC(CC)(CCNS(=O)(=O)c1cccc2c(N(C)C)cccc12)OCCOC(CC)(CC)CCNS(=O)(=O)c1cccc2c(N(C)C)cccc12. The van der Waals surface area contributed by atoms with E-state index in [2.05, 4.69) is 37.1 Å². The van der Waals surface area contributed by atoms with Crippen LogP contribution in [-0.4, -0.2) is 82.5 Å². The summed E-state index contributed by atoms with van der Waals surface area (Å²) in [7, 11) is 0.224. The van der Waals surface area contributed by atoms with Gasteiger partial charge in [-0.3, -0.25) is 0 Å². The summed E-state index contributed by atoms with van der Waals surface area (Å²) in [4.78, 5) is 4.47. The summed E-state index contributed by atoms with van der Waals surface area (Å²) in [6, 6.07) is 22.1. The van der Waals surface area contributed by atoms with E-state index in [9.17, 15) is 16.8 Å². The molecule has 0 aliphatic carbocycles.